The van der Waals surface area contributed by atoms with E-state index in [0.29, 0.717) is 38.5 Å². The summed E-state index contributed by atoms with van der Waals surface area (Å²) in [6.45, 7) is 17.2. The highest BCUT2D eigenvalue weighted by Gasteiger charge is 2.73. The van der Waals surface area contributed by atoms with Crippen molar-refractivity contribution >= 4 is 17.9 Å². The normalized spacial score (nSPS) is 49.5. The standard InChI is InChI=1S/C43H68O14/c1-10-21(2)36(53)57-34-33(50)43(20-54-22(3)45)24(17-38(34,4)5)23-11-12-26-39(6)15-14-28(55-37-31(49)29(47)30(48)32(56-37)35(51)52)40(7,19-44)25(39)13-16-41(26,8)42(23,9)18-27(43)46/h11,21,24-34,37,44,46-50H,10,12-20H2,1-9H3,(H,51,52). The summed E-state index contributed by atoms with van der Waals surface area (Å²) in [4.78, 5) is 37.4. The molecule has 18 atom stereocenters. The summed E-state index contributed by atoms with van der Waals surface area (Å²) in [6.07, 6.45) is -5.89. The molecule has 0 aromatic rings. The average Bonchev–Trinajstić information content (AvgIpc) is 3.13. The van der Waals surface area contributed by atoms with Crippen LogP contribution in [0.3, 0.4) is 0 Å². The number of hydrogen-bond donors (Lipinski definition) is 7. The molecular weight excluding hydrogens is 740 g/mol. The summed E-state index contributed by atoms with van der Waals surface area (Å²) >= 11 is 0. The van der Waals surface area contributed by atoms with Crippen LogP contribution in [-0.4, -0.2) is 122 Å². The molecule has 1 heterocycles. The molecule has 5 fully saturated rings. The fourth-order valence-corrected chi connectivity index (χ4v) is 13.3. The van der Waals surface area contributed by atoms with Gasteiger partial charge in [0.05, 0.1) is 30.1 Å². The van der Waals surface area contributed by atoms with Crippen LogP contribution in [0.25, 0.3) is 0 Å². The molecule has 0 spiro atoms. The third kappa shape index (κ3) is 6.53. The summed E-state index contributed by atoms with van der Waals surface area (Å²) in [5.74, 6) is -3.21. The van der Waals surface area contributed by atoms with E-state index in [-0.39, 0.29) is 48.2 Å². The molecular formula is C43H68O14. The van der Waals surface area contributed by atoms with Gasteiger partial charge in [0, 0.05) is 17.8 Å². The first-order chi connectivity index (χ1) is 26.4. The van der Waals surface area contributed by atoms with Gasteiger partial charge in [-0.2, -0.15) is 0 Å². The minimum Gasteiger partial charge on any atom is -0.479 e. The molecule has 7 N–H and O–H groups in total. The van der Waals surface area contributed by atoms with Crippen LogP contribution in [0.1, 0.15) is 114 Å². The number of carbonyl (C=O) groups is 3. The van der Waals surface area contributed by atoms with Gasteiger partial charge in [0.2, 0.25) is 0 Å². The number of aliphatic hydroxyl groups is 6. The molecule has 4 saturated carbocycles. The van der Waals surface area contributed by atoms with Crippen LogP contribution >= 0.6 is 0 Å². The summed E-state index contributed by atoms with van der Waals surface area (Å²) in [7, 11) is 0. The molecule has 14 heteroatoms. The first-order valence-corrected chi connectivity index (χ1v) is 21.0. The number of carbonyl (C=O) groups excluding carboxylic acids is 2. The summed E-state index contributed by atoms with van der Waals surface area (Å²) in [6, 6.07) is 0. The largest absolute Gasteiger partial charge is 0.479 e. The van der Waals surface area contributed by atoms with Gasteiger partial charge >= 0.3 is 17.9 Å². The fraction of sp³-hybridized carbons (Fsp3) is 0.884. The summed E-state index contributed by atoms with van der Waals surface area (Å²) in [5.41, 5.74) is -2.98. The fourth-order valence-electron chi connectivity index (χ4n) is 13.3. The van der Waals surface area contributed by atoms with Gasteiger partial charge in [0.15, 0.2) is 12.4 Å². The van der Waals surface area contributed by atoms with Crippen LogP contribution in [0.4, 0.5) is 0 Å². The predicted octanol–water partition coefficient (Wildman–Crippen LogP) is 3.11. The van der Waals surface area contributed by atoms with Crippen LogP contribution in [-0.2, 0) is 33.3 Å². The third-order valence-electron chi connectivity index (χ3n) is 17.1. The zero-order chi connectivity index (χ0) is 42.4. The van der Waals surface area contributed by atoms with Gasteiger partial charge in [-0.1, -0.05) is 67.0 Å². The highest BCUT2D eigenvalue weighted by Crippen LogP contribution is 2.76. The van der Waals surface area contributed by atoms with Gasteiger partial charge in [0.1, 0.15) is 37.1 Å². The molecule has 0 aromatic carbocycles. The molecule has 0 radical (unpaired) electrons. The maximum atomic E-state index is 13.2. The zero-order valence-electron chi connectivity index (χ0n) is 35.1. The van der Waals surface area contributed by atoms with Gasteiger partial charge in [0.25, 0.3) is 0 Å². The van der Waals surface area contributed by atoms with E-state index in [9.17, 15) is 50.1 Å². The quantitative estimate of drug-likeness (QED) is 0.101. The van der Waals surface area contributed by atoms with Gasteiger partial charge in [-0.15, -0.1) is 0 Å². The van der Waals surface area contributed by atoms with Crippen molar-refractivity contribution in [2.75, 3.05) is 13.2 Å². The number of aliphatic carboxylic acids is 1. The lowest BCUT2D eigenvalue weighted by molar-refractivity contribution is -0.328. The van der Waals surface area contributed by atoms with Crippen molar-refractivity contribution in [2.24, 2.45) is 56.2 Å². The zero-order valence-corrected chi connectivity index (χ0v) is 35.1. The Balaban J connectivity index is 1.35. The van der Waals surface area contributed by atoms with Crippen LogP contribution in [0.15, 0.2) is 11.6 Å². The van der Waals surface area contributed by atoms with Crippen molar-refractivity contribution in [3.63, 3.8) is 0 Å². The van der Waals surface area contributed by atoms with E-state index in [0.717, 1.165) is 12.0 Å². The minimum atomic E-state index is -1.85. The molecule has 1 saturated heterocycles. The predicted molar refractivity (Wildman–Crippen MR) is 204 cm³/mol. The molecule has 5 aliphatic carbocycles. The van der Waals surface area contributed by atoms with Crippen LogP contribution in [0.5, 0.6) is 0 Å². The van der Waals surface area contributed by atoms with Crippen LogP contribution in [0, 0.1) is 56.2 Å². The van der Waals surface area contributed by atoms with Crippen molar-refractivity contribution in [1.82, 2.24) is 0 Å². The van der Waals surface area contributed by atoms with E-state index >= 15 is 0 Å². The van der Waals surface area contributed by atoms with Crippen molar-refractivity contribution in [3.05, 3.63) is 11.6 Å². The lowest BCUT2D eigenvalue weighted by Gasteiger charge is -2.72. The van der Waals surface area contributed by atoms with E-state index < -0.39 is 101 Å². The van der Waals surface area contributed by atoms with Gasteiger partial charge in [-0.3, -0.25) is 9.59 Å². The number of carboxylic acid groups (broad SMARTS) is 1. The summed E-state index contributed by atoms with van der Waals surface area (Å²) < 4.78 is 23.6. The molecule has 6 aliphatic rings. The lowest BCUT2D eigenvalue weighted by Crippen LogP contribution is -2.72. The smallest absolute Gasteiger partial charge is 0.335 e. The molecule has 0 aromatic heterocycles. The van der Waals surface area contributed by atoms with Crippen molar-refractivity contribution < 1.29 is 69.1 Å². The average molecular weight is 809 g/mol. The number of rotatable bonds is 9. The molecule has 0 amide bonds. The van der Waals surface area contributed by atoms with Crippen LogP contribution < -0.4 is 0 Å². The van der Waals surface area contributed by atoms with Gasteiger partial charge in [-0.05, 0) is 85.4 Å². The second-order valence-corrected chi connectivity index (χ2v) is 20.3. The Labute approximate surface area is 336 Å². The van der Waals surface area contributed by atoms with Crippen LogP contribution in [0.2, 0.25) is 0 Å². The molecule has 1 aliphatic heterocycles. The van der Waals surface area contributed by atoms with E-state index in [1.165, 1.54) is 6.92 Å². The van der Waals surface area contributed by atoms with Gasteiger partial charge in [-0.25, -0.2) is 4.79 Å². The Morgan fingerprint density at radius 2 is 1.60 bits per heavy atom. The highest BCUT2D eigenvalue weighted by atomic mass is 16.7. The second kappa shape index (κ2) is 15.1. The molecule has 324 valence electrons. The van der Waals surface area contributed by atoms with E-state index in [1.54, 1.807) is 6.92 Å². The Bertz CT molecular complexity index is 1600. The number of aliphatic hydroxyl groups excluding tert-OH is 6. The number of hydrogen-bond acceptors (Lipinski definition) is 13. The molecule has 6 rings (SSSR count). The maximum absolute atomic E-state index is 13.2. The summed E-state index contributed by atoms with van der Waals surface area (Å²) in [5, 5.41) is 77.3. The second-order valence-electron chi connectivity index (χ2n) is 20.3. The molecule has 57 heavy (non-hydrogen) atoms. The molecule has 18 unspecified atom stereocenters. The van der Waals surface area contributed by atoms with E-state index in [2.05, 4.69) is 26.8 Å². The number of esters is 2. The monoisotopic (exact) mass is 808 g/mol. The number of fused-ring (bicyclic) bond motifs is 7. The van der Waals surface area contributed by atoms with Crippen molar-refractivity contribution in [1.29, 1.82) is 0 Å². The minimum absolute atomic E-state index is 0.0788. The maximum Gasteiger partial charge on any atom is 0.335 e. The number of carboxylic acids is 1. The molecule has 14 nitrogen and oxygen atoms in total. The first-order valence-electron chi connectivity index (χ1n) is 21.0. The Morgan fingerprint density at radius 3 is 2.19 bits per heavy atom. The third-order valence-corrected chi connectivity index (χ3v) is 17.1. The Morgan fingerprint density at radius 1 is 0.930 bits per heavy atom. The highest BCUT2D eigenvalue weighted by molar-refractivity contribution is 5.73. The number of ether oxygens (including phenoxy) is 4. The molecule has 0 bridgehead atoms. The van der Waals surface area contributed by atoms with Gasteiger partial charge < -0.3 is 54.7 Å². The van der Waals surface area contributed by atoms with Crippen molar-refractivity contribution in [2.45, 2.75) is 169 Å². The Kier molecular flexibility index (Phi) is 11.7. The Hall–Kier alpha value is -2.17. The number of allylic oxidation sites excluding steroid dienone is 2. The SMILES string of the molecule is CCC(C)C(=O)OC1C(O)C2(COC(C)=O)C(O)CC3(C)C(=CCC4C5(C)CCC(OC6OC(C(=O)O)C(O)C(O)C6O)C(C)(CO)C5CCC43C)C2CC1(C)C. The first kappa shape index (κ1) is 44.4. The van der Waals surface area contributed by atoms with E-state index in [1.807, 2.05) is 27.7 Å². The van der Waals surface area contributed by atoms with E-state index in [4.69, 9.17) is 18.9 Å². The van der Waals surface area contributed by atoms with Crippen molar-refractivity contribution in [3.8, 4) is 0 Å². The topological polar surface area (TPSA) is 230 Å². The lowest BCUT2D eigenvalue weighted by atomic mass is 9.33.